The minimum absolute atomic E-state index is 0. The fourth-order valence-electron chi connectivity index (χ4n) is 5.91. The molecule has 0 N–H and O–H groups in total. The molecule has 0 saturated carbocycles. The Kier molecular flexibility index (Phi) is 5.79. The average molecular weight is 719 g/mol. The largest absolute Gasteiger partial charge is 0.489 e. The van der Waals surface area contributed by atoms with Crippen molar-refractivity contribution in [2.75, 3.05) is 0 Å². The molecule has 7 heteroatoms. The van der Waals surface area contributed by atoms with Gasteiger partial charge in [0.1, 0.15) is 0 Å². The second kappa shape index (κ2) is 9.30. The minimum Gasteiger partial charge on any atom is -0.257 e. The number of hydrogen-bond acceptors (Lipinski definition) is 1. The van der Waals surface area contributed by atoms with Crippen LogP contribution in [0.3, 0.4) is 0 Å². The monoisotopic (exact) mass is 719 g/mol. The zero-order valence-electron chi connectivity index (χ0n) is 21.3. The molecular formula is C34H19F3IrN3-. The maximum Gasteiger partial charge on any atom is 0.489 e. The number of alkyl halides is 3. The molecule has 0 unspecified atom stereocenters. The van der Waals surface area contributed by atoms with Crippen LogP contribution in [-0.2, 0) is 26.4 Å². The molecular weight excluding hydrogens is 700 g/mol. The quantitative estimate of drug-likeness (QED) is 0.129. The predicted octanol–water partition coefficient (Wildman–Crippen LogP) is 9.36. The molecule has 8 aromatic rings. The van der Waals surface area contributed by atoms with Gasteiger partial charge in [-0.25, -0.2) is 0 Å². The van der Waals surface area contributed by atoms with Gasteiger partial charge in [-0.3, -0.25) is 9.08 Å². The van der Waals surface area contributed by atoms with Crippen molar-refractivity contribution in [2.24, 2.45) is 0 Å². The van der Waals surface area contributed by atoms with Crippen molar-refractivity contribution >= 4 is 49.0 Å². The molecule has 3 aromatic heterocycles. The van der Waals surface area contributed by atoms with Crippen LogP contribution < -0.4 is 0 Å². The Hall–Kier alpha value is -4.45. The minimum atomic E-state index is -4.51. The summed E-state index contributed by atoms with van der Waals surface area (Å²) in [5.74, 6) is 0. The van der Waals surface area contributed by atoms with Gasteiger partial charge in [0.2, 0.25) is 0 Å². The van der Waals surface area contributed by atoms with Crippen molar-refractivity contribution in [3.05, 3.63) is 121 Å². The Balaban J connectivity index is 0.00000276. The van der Waals surface area contributed by atoms with Gasteiger partial charge in [0.15, 0.2) is 0 Å². The van der Waals surface area contributed by atoms with Crippen LogP contribution in [0.1, 0.15) is 0 Å². The topological polar surface area (TPSA) is 22.2 Å². The van der Waals surface area contributed by atoms with Gasteiger partial charge in [-0.15, -0.1) is 18.6 Å². The Labute approximate surface area is 245 Å². The number of fused-ring (bicyclic) bond motifs is 9. The molecule has 41 heavy (non-hydrogen) atoms. The fraction of sp³-hybridized carbons (Fsp3) is 0.0294. The number of para-hydroxylation sites is 2. The zero-order valence-corrected chi connectivity index (χ0v) is 23.7. The molecule has 201 valence electrons. The first-order chi connectivity index (χ1) is 19.5. The molecule has 3 heterocycles. The third-order valence-corrected chi connectivity index (χ3v) is 7.69. The summed E-state index contributed by atoms with van der Waals surface area (Å²) in [4.78, 5) is 0. The molecule has 0 aliphatic carbocycles. The standard InChI is InChI=1S/C34H19F3N3.Ir/c35-34(36,37)39-30-11-5-3-10-27(30)28-19-23(17-18-31(28)39)21-13-15-22(16-14-21)29-20-33-26-9-2-1-7-24(26)25-8-4-6-12-32(25)40(33)38-29;/h1-11,13-20H;/q-1;. The van der Waals surface area contributed by atoms with E-state index in [9.17, 15) is 13.2 Å². The first kappa shape index (κ1) is 25.5. The number of rotatable bonds is 2. The van der Waals surface area contributed by atoms with Crippen LogP contribution in [0.5, 0.6) is 0 Å². The van der Waals surface area contributed by atoms with Crippen molar-refractivity contribution in [2.45, 2.75) is 6.30 Å². The second-order valence-corrected chi connectivity index (χ2v) is 9.93. The summed E-state index contributed by atoms with van der Waals surface area (Å²) in [6.45, 7) is 0. The van der Waals surface area contributed by atoms with E-state index >= 15 is 0 Å². The third-order valence-electron chi connectivity index (χ3n) is 7.69. The first-order valence-electron chi connectivity index (χ1n) is 12.9. The van der Waals surface area contributed by atoms with E-state index in [1.165, 1.54) is 6.07 Å². The Morgan fingerprint density at radius 1 is 0.561 bits per heavy atom. The van der Waals surface area contributed by atoms with Crippen molar-refractivity contribution < 1.29 is 33.3 Å². The SMILES string of the molecule is FC(F)(F)n1c2ccccc2c2cc(-c3ccc(-c4cc5c6ccccc6c6ccc[c-]c6n5n4)cc3)ccc21.[Ir]. The molecule has 0 saturated heterocycles. The van der Waals surface area contributed by atoms with E-state index in [1.54, 1.807) is 30.3 Å². The molecule has 0 aliphatic rings. The van der Waals surface area contributed by atoms with E-state index in [1.807, 2.05) is 59.1 Å². The van der Waals surface area contributed by atoms with E-state index < -0.39 is 6.30 Å². The summed E-state index contributed by atoms with van der Waals surface area (Å²) < 4.78 is 44.1. The summed E-state index contributed by atoms with van der Waals surface area (Å²) in [5.41, 5.74) is 5.80. The molecule has 0 bridgehead atoms. The molecule has 5 aromatic carbocycles. The molecule has 0 atom stereocenters. The molecule has 0 spiro atoms. The van der Waals surface area contributed by atoms with Crippen LogP contribution in [0.4, 0.5) is 13.2 Å². The first-order valence-corrected chi connectivity index (χ1v) is 12.9. The summed E-state index contributed by atoms with van der Waals surface area (Å²) >= 11 is 0. The summed E-state index contributed by atoms with van der Waals surface area (Å²) in [5, 5.41) is 9.47. The van der Waals surface area contributed by atoms with Crippen molar-refractivity contribution in [1.29, 1.82) is 0 Å². The van der Waals surface area contributed by atoms with Crippen LogP contribution in [0, 0.1) is 6.07 Å². The number of pyridine rings is 1. The van der Waals surface area contributed by atoms with Gasteiger partial charge >= 0.3 is 6.30 Å². The summed E-state index contributed by atoms with van der Waals surface area (Å²) in [7, 11) is 0. The Bertz CT molecular complexity index is 2190. The smallest absolute Gasteiger partial charge is 0.257 e. The third kappa shape index (κ3) is 3.88. The van der Waals surface area contributed by atoms with E-state index in [-0.39, 0.29) is 31.1 Å². The maximum atomic E-state index is 13.9. The fourth-order valence-corrected chi connectivity index (χ4v) is 5.91. The van der Waals surface area contributed by atoms with Crippen molar-refractivity contribution in [3.8, 4) is 22.4 Å². The van der Waals surface area contributed by atoms with Crippen LogP contribution in [0.25, 0.3) is 71.4 Å². The summed E-state index contributed by atoms with van der Waals surface area (Å²) in [6.07, 6.45) is -4.51. The van der Waals surface area contributed by atoms with E-state index in [0.717, 1.165) is 49.6 Å². The number of benzene rings is 5. The second-order valence-electron chi connectivity index (χ2n) is 9.93. The Morgan fingerprint density at radius 2 is 1.17 bits per heavy atom. The van der Waals surface area contributed by atoms with Gasteiger partial charge in [-0.05, 0) is 46.3 Å². The van der Waals surface area contributed by atoms with E-state index in [2.05, 4.69) is 30.3 Å². The predicted molar refractivity (Wildman–Crippen MR) is 154 cm³/mol. The van der Waals surface area contributed by atoms with Gasteiger partial charge in [0, 0.05) is 36.4 Å². The van der Waals surface area contributed by atoms with Crippen molar-refractivity contribution in [3.63, 3.8) is 0 Å². The molecule has 8 rings (SSSR count). The van der Waals surface area contributed by atoms with Gasteiger partial charge in [0.25, 0.3) is 0 Å². The molecule has 0 fully saturated rings. The molecule has 0 amide bonds. The number of halogens is 3. The molecule has 3 nitrogen and oxygen atoms in total. The normalized spacial score (nSPS) is 12.1. The van der Waals surface area contributed by atoms with Crippen LogP contribution in [-0.4, -0.2) is 14.2 Å². The summed E-state index contributed by atoms with van der Waals surface area (Å²) in [6, 6.07) is 39.5. The molecule has 0 aliphatic heterocycles. The average Bonchev–Trinajstić information content (AvgIpc) is 3.58. The van der Waals surface area contributed by atoms with Crippen LogP contribution >= 0.6 is 0 Å². The van der Waals surface area contributed by atoms with Gasteiger partial charge in [0.05, 0.1) is 22.2 Å². The van der Waals surface area contributed by atoms with E-state index in [4.69, 9.17) is 5.10 Å². The van der Waals surface area contributed by atoms with Gasteiger partial charge in [-0.1, -0.05) is 78.2 Å². The number of nitrogens with zero attached hydrogens (tertiary/aromatic N) is 3. The number of hydrogen-bond donors (Lipinski definition) is 0. The maximum absolute atomic E-state index is 13.9. The molecule has 1 radical (unpaired) electrons. The van der Waals surface area contributed by atoms with Gasteiger partial charge < -0.3 is 0 Å². The Morgan fingerprint density at radius 3 is 1.93 bits per heavy atom. The zero-order chi connectivity index (χ0) is 27.0. The van der Waals surface area contributed by atoms with Crippen LogP contribution in [0.2, 0.25) is 0 Å². The van der Waals surface area contributed by atoms with Crippen molar-refractivity contribution in [1.82, 2.24) is 14.2 Å². The van der Waals surface area contributed by atoms with Gasteiger partial charge in [-0.2, -0.15) is 29.4 Å². The van der Waals surface area contributed by atoms with E-state index in [0.29, 0.717) is 15.3 Å². The number of aromatic nitrogens is 3. The van der Waals surface area contributed by atoms with Crippen LogP contribution in [0.15, 0.2) is 115 Å².